The lowest BCUT2D eigenvalue weighted by molar-refractivity contribution is -0.128. The van der Waals surface area contributed by atoms with Crippen molar-refractivity contribution in [1.82, 2.24) is 5.32 Å². The maximum atomic E-state index is 13.1. The molecule has 5 nitrogen and oxygen atoms in total. The summed E-state index contributed by atoms with van der Waals surface area (Å²) in [5, 5.41) is 6.82. The van der Waals surface area contributed by atoms with Crippen LogP contribution in [0.25, 0.3) is 0 Å². The van der Waals surface area contributed by atoms with Gasteiger partial charge in [0.05, 0.1) is 28.8 Å². The van der Waals surface area contributed by atoms with Crippen molar-refractivity contribution in [3.05, 3.63) is 58.1 Å². The predicted octanol–water partition coefficient (Wildman–Crippen LogP) is 5.51. The molecule has 0 aromatic heterocycles. The second-order valence-corrected chi connectivity index (χ2v) is 8.97. The molecule has 1 saturated carbocycles. The first-order valence-electron chi connectivity index (χ1n) is 10.6. The monoisotopic (exact) mass is 458 g/mol. The van der Waals surface area contributed by atoms with Gasteiger partial charge >= 0.3 is 0 Å². The highest BCUT2D eigenvalue weighted by Gasteiger charge is 2.37. The SMILES string of the molecule is O=C1CCC(C(=O)Nc2c#ccc(Cl)c2)[C@@H](c2cc(Cl)ccc2OC2CCCCC2)N1. The highest BCUT2D eigenvalue weighted by Crippen LogP contribution is 2.38. The van der Waals surface area contributed by atoms with E-state index in [1.165, 1.54) is 6.42 Å². The standard InChI is InChI=1S/C24H24Cl2N2O3/c25-15-5-4-6-17(13-15)27-24(30)19-10-12-22(29)28-23(19)20-14-16(26)9-11-21(20)31-18-7-2-1-3-8-18/h5,9,11,13-14,18-19,23H,1-3,7-8,10,12H2,(H,27,30)(H,28,29)/t19?,23-/m0/s1. The molecule has 2 aromatic carbocycles. The van der Waals surface area contributed by atoms with Crippen LogP contribution in [0.4, 0.5) is 5.69 Å². The average Bonchev–Trinajstić information content (AvgIpc) is 2.75. The number of rotatable bonds is 5. The van der Waals surface area contributed by atoms with E-state index in [1.54, 1.807) is 24.3 Å². The van der Waals surface area contributed by atoms with Gasteiger partial charge in [-0.2, -0.15) is 0 Å². The highest BCUT2D eigenvalue weighted by molar-refractivity contribution is 6.31. The van der Waals surface area contributed by atoms with Crippen molar-refractivity contribution in [2.24, 2.45) is 5.92 Å². The van der Waals surface area contributed by atoms with Gasteiger partial charge in [-0.1, -0.05) is 35.7 Å². The van der Waals surface area contributed by atoms with Crippen molar-refractivity contribution in [2.45, 2.75) is 57.1 Å². The number of benzene rings is 1. The minimum atomic E-state index is -0.540. The van der Waals surface area contributed by atoms with Gasteiger partial charge in [0.25, 0.3) is 0 Å². The molecule has 0 bridgehead atoms. The Bertz CT molecular complexity index is 960. The first-order valence-corrected chi connectivity index (χ1v) is 11.4. The smallest absolute Gasteiger partial charge is 0.230 e. The van der Waals surface area contributed by atoms with Crippen LogP contribution >= 0.6 is 23.2 Å². The third-order valence-electron chi connectivity index (χ3n) is 5.85. The van der Waals surface area contributed by atoms with Crippen molar-refractivity contribution >= 4 is 40.7 Å². The lowest BCUT2D eigenvalue weighted by Gasteiger charge is -2.33. The number of nitrogens with one attached hydrogen (secondary N) is 2. The zero-order chi connectivity index (χ0) is 21.8. The van der Waals surface area contributed by atoms with Gasteiger partial charge in [-0.05, 0) is 62.4 Å². The summed E-state index contributed by atoms with van der Waals surface area (Å²) in [4.78, 5) is 25.4. The molecule has 31 heavy (non-hydrogen) atoms. The molecule has 0 radical (unpaired) electrons. The van der Waals surface area contributed by atoms with Gasteiger partial charge in [-0.15, -0.1) is 0 Å². The summed E-state index contributed by atoms with van der Waals surface area (Å²) in [6.45, 7) is 0. The van der Waals surface area contributed by atoms with Crippen LogP contribution in [0.15, 0.2) is 30.3 Å². The van der Waals surface area contributed by atoms with Crippen LogP contribution < -0.4 is 15.4 Å². The fourth-order valence-corrected chi connectivity index (χ4v) is 4.64. The lowest BCUT2D eigenvalue weighted by atomic mass is 9.84. The molecule has 1 aliphatic carbocycles. The Morgan fingerprint density at radius 2 is 1.90 bits per heavy atom. The van der Waals surface area contributed by atoms with E-state index in [-0.39, 0.29) is 24.3 Å². The summed E-state index contributed by atoms with van der Waals surface area (Å²) in [7, 11) is 0. The molecule has 2 aliphatic rings. The molecule has 162 valence electrons. The molecule has 0 spiro atoms. The predicted molar refractivity (Wildman–Crippen MR) is 120 cm³/mol. The van der Waals surface area contributed by atoms with Gasteiger partial charge in [0, 0.05) is 23.1 Å². The fraction of sp³-hybridized carbons (Fsp3) is 0.417. The van der Waals surface area contributed by atoms with Crippen LogP contribution in [0.2, 0.25) is 10.0 Å². The first kappa shape index (κ1) is 21.8. The summed E-state index contributed by atoms with van der Waals surface area (Å²) in [5.74, 6) is -0.137. The van der Waals surface area contributed by atoms with Crippen LogP contribution in [-0.4, -0.2) is 17.9 Å². The van der Waals surface area contributed by atoms with Gasteiger partial charge in [0.1, 0.15) is 5.75 Å². The van der Waals surface area contributed by atoms with E-state index in [9.17, 15) is 9.59 Å². The number of amides is 2. The fourth-order valence-electron chi connectivity index (χ4n) is 4.30. The maximum absolute atomic E-state index is 13.1. The van der Waals surface area contributed by atoms with Crippen LogP contribution in [0.3, 0.4) is 0 Å². The topological polar surface area (TPSA) is 67.4 Å². The molecule has 7 heteroatoms. The zero-order valence-electron chi connectivity index (χ0n) is 17.0. The normalized spacial score (nSPS) is 21.7. The van der Waals surface area contributed by atoms with Crippen molar-refractivity contribution in [2.75, 3.05) is 5.32 Å². The summed E-state index contributed by atoms with van der Waals surface area (Å²) < 4.78 is 6.32. The summed E-state index contributed by atoms with van der Waals surface area (Å²) in [5.41, 5.74) is 1.17. The van der Waals surface area contributed by atoms with E-state index in [0.29, 0.717) is 27.9 Å². The van der Waals surface area contributed by atoms with Crippen molar-refractivity contribution in [3.8, 4) is 5.75 Å². The molecule has 1 unspecified atom stereocenters. The number of carbonyl (C=O) groups is 2. The van der Waals surface area contributed by atoms with E-state index >= 15 is 0 Å². The number of hydrogen-bond donors (Lipinski definition) is 2. The summed E-state index contributed by atoms with van der Waals surface area (Å²) in [6.07, 6.45) is 6.36. The van der Waals surface area contributed by atoms with E-state index in [1.807, 2.05) is 6.07 Å². The molecule has 2 amide bonds. The number of anilines is 1. The average molecular weight is 459 g/mol. The van der Waals surface area contributed by atoms with E-state index in [2.05, 4.69) is 22.8 Å². The largest absolute Gasteiger partial charge is 0.490 e. The quantitative estimate of drug-likeness (QED) is 0.620. The third-order valence-corrected chi connectivity index (χ3v) is 6.30. The second kappa shape index (κ2) is 9.80. The molecular weight excluding hydrogens is 435 g/mol. The Morgan fingerprint density at radius 1 is 1.10 bits per heavy atom. The van der Waals surface area contributed by atoms with Gasteiger partial charge in [0.2, 0.25) is 11.8 Å². The molecule has 2 aromatic rings. The molecule has 2 fully saturated rings. The number of hydrogen-bond acceptors (Lipinski definition) is 3. The highest BCUT2D eigenvalue weighted by atomic mass is 35.5. The zero-order valence-corrected chi connectivity index (χ0v) is 18.6. The Hall–Kier alpha value is -2.42. The molecule has 2 atom stereocenters. The first-order chi connectivity index (χ1) is 15.0. The van der Waals surface area contributed by atoms with Gasteiger partial charge in [-0.3, -0.25) is 9.59 Å². The minimum Gasteiger partial charge on any atom is -0.490 e. The molecule has 2 N–H and O–H groups in total. The Balaban J connectivity index is 1.60. The number of ether oxygens (including phenoxy) is 1. The summed E-state index contributed by atoms with van der Waals surface area (Å²) >= 11 is 12.3. The van der Waals surface area contributed by atoms with E-state index in [0.717, 1.165) is 31.2 Å². The molecule has 4 rings (SSSR count). The number of piperidine rings is 1. The van der Waals surface area contributed by atoms with Gasteiger partial charge < -0.3 is 15.4 Å². The maximum Gasteiger partial charge on any atom is 0.230 e. The molecule has 1 heterocycles. The van der Waals surface area contributed by atoms with Gasteiger partial charge in [-0.25, -0.2) is 0 Å². The van der Waals surface area contributed by atoms with Crippen LogP contribution in [0.5, 0.6) is 5.75 Å². The number of carbonyl (C=O) groups excluding carboxylic acids is 2. The second-order valence-electron chi connectivity index (χ2n) is 8.10. The van der Waals surface area contributed by atoms with Crippen LogP contribution in [0.1, 0.15) is 56.6 Å². The minimum absolute atomic E-state index is 0.0970. The van der Waals surface area contributed by atoms with E-state index < -0.39 is 12.0 Å². The molecule has 1 saturated heterocycles. The van der Waals surface area contributed by atoms with Crippen LogP contribution in [-0.2, 0) is 9.59 Å². The third kappa shape index (κ3) is 5.44. The van der Waals surface area contributed by atoms with Crippen molar-refractivity contribution in [1.29, 1.82) is 0 Å². The molecular formula is C24H24Cl2N2O3. The molecule has 1 aliphatic heterocycles. The number of halogens is 2. The van der Waals surface area contributed by atoms with E-state index in [4.69, 9.17) is 27.9 Å². The van der Waals surface area contributed by atoms with Crippen LogP contribution in [0, 0.1) is 18.1 Å². The van der Waals surface area contributed by atoms with Crippen molar-refractivity contribution < 1.29 is 14.3 Å². The lowest BCUT2D eigenvalue weighted by Crippen LogP contribution is -2.43. The van der Waals surface area contributed by atoms with Crippen molar-refractivity contribution in [3.63, 3.8) is 0 Å². The Morgan fingerprint density at radius 3 is 2.68 bits per heavy atom. The van der Waals surface area contributed by atoms with Gasteiger partial charge in [0.15, 0.2) is 0 Å². The Kier molecular flexibility index (Phi) is 6.89. The summed E-state index contributed by atoms with van der Waals surface area (Å²) in [6, 6.07) is 13.7. The Labute approximate surface area is 192 Å².